The zero-order chi connectivity index (χ0) is 44.3. The smallest absolute Gasteiger partial charge is 0.306 e. The van der Waals surface area contributed by atoms with Gasteiger partial charge < -0.3 is 27.9 Å². The highest BCUT2D eigenvalue weighted by molar-refractivity contribution is 7.45. The highest BCUT2D eigenvalue weighted by atomic mass is 31.2. The Bertz CT molecular complexity index is 1340. The molecule has 10 heteroatoms. The van der Waals surface area contributed by atoms with E-state index in [4.69, 9.17) is 18.5 Å². The van der Waals surface area contributed by atoms with Crippen LogP contribution < -0.4 is 4.89 Å². The lowest BCUT2D eigenvalue weighted by Crippen LogP contribution is -2.37. The van der Waals surface area contributed by atoms with Crippen LogP contribution in [0.1, 0.15) is 155 Å². The van der Waals surface area contributed by atoms with Crippen LogP contribution in [0.5, 0.6) is 0 Å². The number of carbonyl (C=O) groups excluding carboxylic acids is 2. The van der Waals surface area contributed by atoms with E-state index in [9.17, 15) is 19.0 Å². The fourth-order valence-electron chi connectivity index (χ4n) is 5.58. The van der Waals surface area contributed by atoms with Crippen molar-refractivity contribution >= 4 is 19.8 Å². The van der Waals surface area contributed by atoms with Gasteiger partial charge >= 0.3 is 11.9 Å². The van der Waals surface area contributed by atoms with Crippen molar-refractivity contribution in [2.24, 2.45) is 0 Å². The van der Waals surface area contributed by atoms with Gasteiger partial charge in [-0.25, -0.2) is 0 Å². The second-order valence-corrected chi connectivity index (χ2v) is 17.4. The number of rotatable bonds is 40. The van der Waals surface area contributed by atoms with Gasteiger partial charge in [0.2, 0.25) is 0 Å². The maximum atomic E-state index is 12.7. The lowest BCUT2D eigenvalue weighted by atomic mass is 10.1. The molecule has 0 rings (SSSR count). The summed E-state index contributed by atoms with van der Waals surface area (Å²) >= 11 is 0. The van der Waals surface area contributed by atoms with Crippen LogP contribution in [0, 0.1) is 0 Å². The van der Waals surface area contributed by atoms with Crippen molar-refractivity contribution in [3.05, 3.63) is 97.2 Å². The molecule has 0 aliphatic heterocycles. The fraction of sp³-hybridized carbons (Fsp3) is 0.640. The van der Waals surface area contributed by atoms with Crippen LogP contribution in [0.3, 0.4) is 0 Å². The van der Waals surface area contributed by atoms with Crippen molar-refractivity contribution in [3.8, 4) is 0 Å². The quantitative estimate of drug-likeness (QED) is 0.0197. The summed E-state index contributed by atoms with van der Waals surface area (Å²) in [5.74, 6) is -0.887. The number of likely N-dealkylation sites (N-methyl/N-ethyl adjacent to an activating group) is 1. The molecule has 0 saturated heterocycles. The van der Waals surface area contributed by atoms with E-state index < -0.39 is 32.5 Å². The molecule has 60 heavy (non-hydrogen) atoms. The van der Waals surface area contributed by atoms with E-state index in [1.807, 2.05) is 21.1 Å². The first-order valence-electron chi connectivity index (χ1n) is 22.9. The van der Waals surface area contributed by atoms with E-state index in [1.54, 1.807) is 0 Å². The van der Waals surface area contributed by atoms with Gasteiger partial charge in [0.15, 0.2) is 6.10 Å². The average molecular weight is 858 g/mol. The second-order valence-electron chi connectivity index (χ2n) is 16.0. The molecule has 0 heterocycles. The van der Waals surface area contributed by atoms with Crippen LogP contribution in [-0.4, -0.2) is 70.0 Å². The lowest BCUT2D eigenvalue weighted by Gasteiger charge is -2.28. The highest BCUT2D eigenvalue weighted by Gasteiger charge is 2.21. The molecule has 0 aromatic carbocycles. The van der Waals surface area contributed by atoms with Gasteiger partial charge in [0.25, 0.3) is 7.82 Å². The van der Waals surface area contributed by atoms with Gasteiger partial charge in [-0.2, -0.15) is 0 Å². The Morgan fingerprint density at radius 1 is 0.517 bits per heavy atom. The Morgan fingerprint density at radius 3 is 1.33 bits per heavy atom. The molecule has 0 amide bonds. The summed E-state index contributed by atoms with van der Waals surface area (Å²) < 4.78 is 33.9. The lowest BCUT2D eigenvalue weighted by molar-refractivity contribution is -0.870. The van der Waals surface area contributed by atoms with E-state index in [1.165, 1.54) is 0 Å². The van der Waals surface area contributed by atoms with E-state index >= 15 is 0 Å². The molecule has 2 atom stereocenters. The zero-order valence-corrected chi connectivity index (χ0v) is 39.3. The molecule has 0 bridgehead atoms. The SMILES string of the molecule is CC/C=C\C/C=C\C/C=C\C/C=C\C/C=C\CCCCCCCC(=O)OC(COC(=O)CCCCCCC/C=C\C/C=C\C/C=C\CC)COP(=O)([O-])OCC[N+](C)(C)C. The van der Waals surface area contributed by atoms with Crippen LogP contribution >= 0.6 is 7.82 Å². The van der Waals surface area contributed by atoms with E-state index in [0.717, 1.165) is 116 Å². The largest absolute Gasteiger partial charge is 0.756 e. The Hall–Kier alpha value is -3.07. The molecule has 0 aliphatic carbocycles. The summed E-state index contributed by atoms with van der Waals surface area (Å²) in [5.41, 5.74) is 0. The standard InChI is InChI=1S/C50H84NO8P/c1-6-8-10-12-14-16-18-20-22-23-24-25-26-27-29-31-33-35-37-39-41-43-50(53)59-48(47-58-60(54,55)57-45-44-51(3,4)5)46-56-49(52)42-40-38-36-34-32-30-28-21-19-17-15-13-11-9-7-2/h8-11,14-17,20-22,24-25,27-29,48H,6-7,12-13,18-19,23,26,30-47H2,1-5H3/b10-8-,11-9-,16-14-,17-15-,22-20-,25-24-,28-21-,29-27-. The number of hydrogen-bond donors (Lipinski definition) is 0. The Kier molecular flexibility index (Phi) is 39.2. The first-order chi connectivity index (χ1) is 29.0. The van der Waals surface area contributed by atoms with Gasteiger partial charge in [-0.15, -0.1) is 0 Å². The third kappa shape index (κ3) is 44.5. The van der Waals surface area contributed by atoms with Gasteiger partial charge in [-0.05, 0) is 89.9 Å². The molecular weight excluding hydrogens is 774 g/mol. The Morgan fingerprint density at radius 2 is 0.900 bits per heavy atom. The van der Waals surface area contributed by atoms with E-state index in [-0.39, 0.29) is 26.1 Å². The van der Waals surface area contributed by atoms with Crippen molar-refractivity contribution in [1.29, 1.82) is 0 Å². The van der Waals surface area contributed by atoms with Crippen molar-refractivity contribution in [3.63, 3.8) is 0 Å². The minimum absolute atomic E-state index is 0.0439. The molecule has 342 valence electrons. The van der Waals surface area contributed by atoms with Crippen molar-refractivity contribution < 1.29 is 42.1 Å². The maximum absolute atomic E-state index is 12.7. The molecule has 0 spiro atoms. The van der Waals surface area contributed by atoms with E-state index in [0.29, 0.717) is 23.9 Å². The topological polar surface area (TPSA) is 111 Å². The summed E-state index contributed by atoms with van der Waals surface area (Å²) in [7, 11) is 1.12. The monoisotopic (exact) mass is 858 g/mol. The predicted octanol–water partition coefficient (Wildman–Crippen LogP) is 12.7. The Balaban J connectivity index is 4.41. The summed E-state index contributed by atoms with van der Waals surface area (Å²) in [6.45, 7) is 3.93. The number of phosphoric acid groups is 1. The summed E-state index contributed by atoms with van der Waals surface area (Å²) in [4.78, 5) is 37.6. The molecular formula is C50H84NO8P. The number of ether oxygens (including phenoxy) is 2. The van der Waals surface area contributed by atoms with Gasteiger partial charge in [-0.3, -0.25) is 14.2 Å². The molecule has 0 fully saturated rings. The third-order valence-electron chi connectivity index (χ3n) is 9.10. The van der Waals surface area contributed by atoms with Crippen molar-refractivity contribution in [1.82, 2.24) is 0 Å². The molecule has 0 N–H and O–H groups in total. The first kappa shape index (κ1) is 56.9. The normalized spacial score (nSPS) is 14.4. The van der Waals surface area contributed by atoms with Crippen LogP contribution in [0.2, 0.25) is 0 Å². The molecule has 0 radical (unpaired) electrons. The van der Waals surface area contributed by atoms with Gasteiger partial charge in [-0.1, -0.05) is 150 Å². The van der Waals surface area contributed by atoms with Crippen LogP contribution in [-0.2, 0) is 32.7 Å². The summed E-state index contributed by atoms with van der Waals surface area (Å²) in [5, 5.41) is 0. The van der Waals surface area contributed by atoms with Gasteiger partial charge in [0, 0.05) is 12.8 Å². The number of unbranched alkanes of at least 4 members (excludes halogenated alkanes) is 10. The van der Waals surface area contributed by atoms with Crippen molar-refractivity contribution in [2.75, 3.05) is 47.5 Å². The van der Waals surface area contributed by atoms with Crippen molar-refractivity contribution in [2.45, 2.75) is 161 Å². The van der Waals surface area contributed by atoms with Crippen LogP contribution in [0.25, 0.3) is 0 Å². The molecule has 0 saturated carbocycles. The minimum Gasteiger partial charge on any atom is -0.756 e. The second kappa shape index (κ2) is 41.3. The predicted molar refractivity (Wildman–Crippen MR) is 249 cm³/mol. The highest BCUT2D eigenvalue weighted by Crippen LogP contribution is 2.38. The fourth-order valence-corrected chi connectivity index (χ4v) is 6.30. The number of allylic oxidation sites excluding steroid dienone is 16. The maximum Gasteiger partial charge on any atom is 0.306 e. The number of carbonyl (C=O) groups is 2. The number of nitrogens with zero attached hydrogens (tertiary/aromatic N) is 1. The van der Waals surface area contributed by atoms with Crippen LogP contribution in [0.4, 0.5) is 0 Å². The van der Waals surface area contributed by atoms with Gasteiger partial charge in [0.1, 0.15) is 19.8 Å². The zero-order valence-electron chi connectivity index (χ0n) is 38.4. The van der Waals surface area contributed by atoms with Gasteiger partial charge in [0.05, 0.1) is 27.7 Å². The molecule has 0 aromatic rings. The molecule has 0 aliphatic rings. The molecule has 9 nitrogen and oxygen atoms in total. The summed E-state index contributed by atoms with van der Waals surface area (Å²) in [6, 6.07) is 0. The van der Waals surface area contributed by atoms with Crippen LogP contribution in [0.15, 0.2) is 97.2 Å². The number of esters is 2. The Labute approximate surface area is 366 Å². The number of hydrogen-bond acceptors (Lipinski definition) is 8. The molecule has 0 aromatic heterocycles. The molecule has 2 unspecified atom stereocenters. The first-order valence-corrected chi connectivity index (χ1v) is 24.4. The average Bonchev–Trinajstić information content (AvgIpc) is 3.20. The summed E-state index contributed by atoms with van der Waals surface area (Å²) in [6.07, 6.45) is 54.3. The number of phosphoric ester groups is 1. The minimum atomic E-state index is -4.64. The number of quaternary nitrogens is 1. The van der Waals surface area contributed by atoms with E-state index in [2.05, 4.69) is 111 Å². The third-order valence-corrected chi connectivity index (χ3v) is 10.1.